The van der Waals surface area contributed by atoms with Gasteiger partial charge in [0.05, 0.1) is 5.69 Å². The Morgan fingerprint density at radius 3 is 2.60 bits per heavy atom. The number of hydrogen-bond acceptors (Lipinski definition) is 3. The summed E-state index contributed by atoms with van der Waals surface area (Å²) < 4.78 is 3.92. The van der Waals surface area contributed by atoms with Crippen LogP contribution in [-0.2, 0) is 4.79 Å². The molecule has 1 N–H and O–H groups in total. The fraction of sp³-hybridized carbons (Fsp3) is 0.643. The van der Waals surface area contributed by atoms with Gasteiger partial charge in [0.15, 0.2) is 5.82 Å². The molecule has 0 saturated carbocycles. The molecule has 1 aliphatic heterocycles. The number of hydrazine groups is 1. The number of hydrazone groups is 1. The Hall–Kier alpha value is -1.85. The number of aromatic nitrogens is 2. The van der Waals surface area contributed by atoms with Crippen LogP contribution in [0.3, 0.4) is 0 Å². The topological polar surface area (TPSA) is 53.2 Å². The number of amides is 1. The third-order valence-corrected chi connectivity index (χ3v) is 3.36. The van der Waals surface area contributed by atoms with Gasteiger partial charge in [-0.3, -0.25) is 0 Å². The van der Waals surface area contributed by atoms with E-state index in [1.807, 2.05) is 15.7 Å². The molecule has 0 spiro atoms. The summed E-state index contributed by atoms with van der Waals surface area (Å²) in [4.78, 5) is 13.0. The molecule has 0 unspecified atom stereocenters. The number of hydrogen-bond donors (Lipinski definition) is 1. The van der Waals surface area contributed by atoms with Crippen LogP contribution in [-0.4, -0.2) is 44.7 Å². The van der Waals surface area contributed by atoms with Crippen LogP contribution in [0.15, 0.2) is 6.07 Å². The van der Waals surface area contributed by atoms with E-state index in [2.05, 4.69) is 44.3 Å². The molecular formula is C14H24N5O+. The van der Waals surface area contributed by atoms with Gasteiger partial charge in [-0.05, 0) is 19.8 Å². The standard InChI is InChI=1S/C14H24N5O/c1-10(2)13-8-14(19(15-13)11(3)4)16-18-7-6-17(9-18)12(5)20/h8-11,16H,6-7H2,1-5H3/q+1. The first kappa shape index (κ1) is 14.6. The maximum atomic E-state index is 11.3. The number of nitrogens with zero attached hydrogens (tertiary/aromatic N) is 4. The molecule has 1 aliphatic rings. The van der Waals surface area contributed by atoms with Crippen LogP contribution in [0, 0.1) is 0 Å². The largest absolute Gasteiger partial charge is 0.306 e. The van der Waals surface area contributed by atoms with Crippen LogP contribution in [0.5, 0.6) is 0 Å². The van der Waals surface area contributed by atoms with Gasteiger partial charge in [0, 0.05) is 19.0 Å². The third-order valence-electron chi connectivity index (χ3n) is 3.36. The molecule has 0 aromatic carbocycles. The minimum atomic E-state index is 0.0644. The number of nitrogens with one attached hydrogen (secondary N) is 1. The van der Waals surface area contributed by atoms with Crippen molar-refractivity contribution >= 4 is 18.1 Å². The highest BCUT2D eigenvalue weighted by Gasteiger charge is 2.24. The van der Waals surface area contributed by atoms with Crippen LogP contribution in [0.1, 0.15) is 52.3 Å². The van der Waals surface area contributed by atoms with Crippen LogP contribution in [0.25, 0.3) is 0 Å². The van der Waals surface area contributed by atoms with Crippen molar-refractivity contribution in [2.45, 2.75) is 46.6 Å². The first-order valence-electron chi connectivity index (χ1n) is 7.13. The fourth-order valence-corrected chi connectivity index (χ4v) is 2.14. The Balaban J connectivity index is 2.21. The van der Waals surface area contributed by atoms with Crippen LogP contribution >= 0.6 is 0 Å². The van der Waals surface area contributed by atoms with Gasteiger partial charge in [-0.1, -0.05) is 13.8 Å². The van der Waals surface area contributed by atoms with Gasteiger partial charge in [0.2, 0.25) is 0 Å². The molecular weight excluding hydrogens is 254 g/mol. The van der Waals surface area contributed by atoms with Crippen molar-refractivity contribution in [2.24, 2.45) is 0 Å². The molecule has 1 aromatic rings. The number of carbonyl (C=O) groups excluding carboxylic acids is 1. The lowest BCUT2D eigenvalue weighted by Crippen LogP contribution is -2.25. The summed E-state index contributed by atoms with van der Waals surface area (Å²) in [5, 5.41) is 4.64. The Labute approximate surface area is 120 Å². The molecule has 20 heavy (non-hydrogen) atoms. The van der Waals surface area contributed by atoms with Crippen LogP contribution < -0.4 is 5.43 Å². The molecule has 0 fully saturated rings. The summed E-state index contributed by atoms with van der Waals surface area (Å²) in [5.41, 5.74) is 4.41. The zero-order valence-corrected chi connectivity index (χ0v) is 12.9. The summed E-state index contributed by atoms with van der Waals surface area (Å²) >= 11 is 0. The SMILES string of the molecule is CC(=O)N1C=[N+](Nc2cc(C(C)C)nn2C(C)C)CC1. The monoisotopic (exact) mass is 278 g/mol. The van der Waals surface area contributed by atoms with Crippen molar-refractivity contribution in [1.29, 1.82) is 0 Å². The smallest absolute Gasteiger partial charge is 0.247 e. The predicted octanol–water partition coefficient (Wildman–Crippen LogP) is 1.82. The lowest BCUT2D eigenvalue weighted by molar-refractivity contribution is -0.482. The van der Waals surface area contributed by atoms with E-state index in [-0.39, 0.29) is 11.9 Å². The molecule has 1 amide bonds. The summed E-state index contributed by atoms with van der Waals surface area (Å²) in [7, 11) is 0. The van der Waals surface area contributed by atoms with E-state index in [4.69, 9.17) is 0 Å². The Morgan fingerprint density at radius 2 is 2.10 bits per heavy atom. The fourth-order valence-electron chi connectivity index (χ4n) is 2.14. The van der Waals surface area contributed by atoms with Crippen molar-refractivity contribution in [1.82, 2.24) is 14.7 Å². The number of rotatable bonds is 4. The lowest BCUT2D eigenvalue weighted by atomic mass is 10.1. The zero-order valence-electron chi connectivity index (χ0n) is 12.9. The van der Waals surface area contributed by atoms with Crippen molar-refractivity contribution in [3.63, 3.8) is 0 Å². The molecule has 6 nitrogen and oxygen atoms in total. The first-order valence-corrected chi connectivity index (χ1v) is 7.13. The van der Waals surface area contributed by atoms with E-state index in [1.54, 1.807) is 11.8 Å². The highest BCUT2D eigenvalue weighted by molar-refractivity contribution is 5.85. The molecule has 2 rings (SSSR count). The zero-order chi connectivity index (χ0) is 14.9. The Morgan fingerprint density at radius 1 is 1.40 bits per heavy atom. The average molecular weight is 278 g/mol. The average Bonchev–Trinajstić information content (AvgIpc) is 2.96. The second-order valence-corrected chi connectivity index (χ2v) is 5.78. The molecule has 2 heterocycles. The lowest BCUT2D eigenvalue weighted by Gasteiger charge is -2.11. The molecule has 6 heteroatoms. The molecule has 110 valence electrons. The predicted molar refractivity (Wildman–Crippen MR) is 78.9 cm³/mol. The highest BCUT2D eigenvalue weighted by atomic mass is 16.2. The van der Waals surface area contributed by atoms with E-state index >= 15 is 0 Å². The van der Waals surface area contributed by atoms with Gasteiger partial charge < -0.3 is 0 Å². The molecule has 0 atom stereocenters. The van der Waals surface area contributed by atoms with E-state index in [9.17, 15) is 4.79 Å². The van der Waals surface area contributed by atoms with Crippen LogP contribution in [0.4, 0.5) is 5.82 Å². The Bertz CT molecular complexity index is 530. The van der Waals surface area contributed by atoms with Gasteiger partial charge in [-0.25, -0.2) is 14.9 Å². The van der Waals surface area contributed by atoms with Crippen molar-refractivity contribution in [3.8, 4) is 0 Å². The quantitative estimate of drug-likeness (QED) is 0.855. The summed E-state index contributed by atoms with van der Waals surface area (Å²) in [6, 6.07) is 2.37. The van der Waals surface area contributed by atoms with E-state index in [1.165, 1.54) is 0 Å². The summed E-state index contributed by atoms with van der Waals surface area (Å²) in [6.07, 6.45) is 1.81. The molecule has 0 bridgehead atoms. The maximum Gasteiger partial charge on any atom is 0.306 e. The van der Waals surface area contributed by atoms with E-state index in [0.29, 0.717) is 5.92 Å². The minimum Gasteiger partial charge on any atom is -0.247 e. The first-order chi connectivity index (χ1) is 9.38. The van der Waals surface area contributed by atoms with Crippen LogP contribution in [0.2, 0.25) is 0 Å². The second-order valence-electron chi connectivity index (χ2n) is 5.78. The van der Waals surface area contributed by atoms with Crippen molar-refractivity contribution in [2.75, 3.05) is 18.5 Å². The summed E-state index contributed by atoms with van der Waals surface area (Å²) in [6.45, 7) is 11.6. The molecule has 0 radical (unpaired) electrons. The van der Waals surface area contributed by atoms with Gasteiger partial charge in [-0.2, -0.15) is 14.7 Å². The normalized spacial score (nSPS) is 15.2. The van der Waals surface area contributed by atoms with Gasteiger partial charge >= 0.3 is 5.91 Å². The minimum absolute atomic E-state index is 0.0644. The van der Waals surface area contributed by atoms with Crippen molar-refractivity contribution < 1.29 is 9.48 Å². The van der Waals surface area contributed by atoms with Gasteiger partial charge in [-0.15, -0.1) is 0 Å². The van der Waals surface area contributed by atoms with Gasteiger partial charge in [0.25, 0.3) is 6.34 Å². The number of carbonyl (C=O) groups is 1. The summed E-state index contributed by atoms with van der Waals surface area (Å²) in [5.74, 6) is 1.42. The van der Waals surface area contributed by atoms with E-state index in [0.717, 1.165) is 24.6 Å². The number of anilines is 1. The highest BCUT2D eigenvalue weighted by Crippen LogP contribution is 2.21. The van der Waals surface area contributed by atoms with Gasteiger partial charge in [0.1, 0.15) is 13.1 Å². The second kappa shape index (κ2) is 5.64. The molecule has 0 saturated heterocycles. The molecule has 1 aromatic heterocycles. The van der Waals surface area contributed by atoms with E-state index < -0.39 is 0 Å². The Kier molecular flexibility index (Phi) is 4.11. The maximum absolute atomic E-state index is 11.3. The third kappa shape index (κ3) is 3.00. The molecule has 0 aliphatic carbocycles. The van der Waals surface area contributed by atoms with Crippen molar-refractivity contribution in [3.05, 3.63) is 11.8 Å².